The summed E-state index contributed by atoms with van der Waals surface area (Å²) >= 11 is 0. The summed E-state index contributed by atoms with van der Waals surface area (Å²) in [7, 11) is 0. The van der Waals surface area contributed by atoms with Gasteiger partial charge in [0, 0.05) is 19.6 Å². The fourth-order valence-electron chi connectivity index (χ4n) is 2.33. The Balaban J connectivity index is 1.85. The smallest absolute Gasteiger partial charge is 0.239 e. The first-order chi connectivity index (χ1) is 9.58. The highest BCUT2D eigenvalue weighted by molar-refractivity contribution is 5.81. The zero-order valence-electron chi connectivity index (χ0n) is 12.6. The first kappa shape index (κ1) is 15.0. The fourth-order valence-corrected chi connectivity index (χ4v) is 2.33. The molecule has 1 aromatic carbocycles. The van der Waals surface area contributed by atoms with E-state index in [1.807, 2.05) is 11.8 Å². The summed E-state index contributed by atoms with van der Waals surface area (Å²) in [5.74, 6) is 0.164. The number of aryl methyl sites for hydroxylation is 2. The van der Waals surface area contributed by atoms with Gasteiger partial charge in [-0.15, -0.1) is 0 Å². The Morgan fingerprint density at radius 2 is 2.00 bits per heavy atom. The van der Waals surface area contributed by atoms with Crippen molar-refractivity contribution >= 4 is 5.91 Å². The summed E-state index contributed by atoms with van der Waals surface area (Å²) < 4.78 is 5.27. The molecule has 1 saturated heterocycles. The minimum atomic E-state index is -0.158. The van der Waals surface area contributed by atoms with E-state index in [9.17, 15) is 4.79 Å². The van der Waals surface area contributed by atoms with Crippen LogP contribution in [0.25, 0.3) is 0 Å². The second kappa shape index (κ2) is 6.86. The lowest BCUT2D eigenvalue weighted by molar-refractivity contribution is -0.137. The first-order valence-electron chi connectivity index (χ1n) is 7.24. The highest BCUT2D eigenvalue weighted by Crippen LogP contribution is 2.10. The van der Waals surface area contributed by atoms with Crippen LogP contribution in [0.4, 0.5) is 0 Å². The van der Waals surface area contributed by atoms with Crippen LogP contribution in [-0.2, 0) is 16.1 Å². The van der Waals surface area contributed by atoms with Crippen molar-refractivity contribution in [2.24, 2.45) is 0 Å². The Hall–Kier alpha value is -1.39. The molecule has 20 heavy (non-hydrogen) atoms. The highest BCUT2D eigenvalue weighted by Gasteiger charge is 2.21. The second-order valence-corrected chi connectivity index (χ2v) is 5.46. The number of nitrogens with one attached hydrogen (secondary N) is 1. The van der Waals surface area contributed by atoms with Crippen molar-refractivity contribution in [3.63, 3.8) is 0 Å². The number of rotatable bonds is 4. The molecule has 1 unspecified atom stereocenters. The van der Waals surface area contributed by atoms with E-state index in [-0.39, 0.29) is 11.9 Å². The third-order valence-electron chi connectivity index (χ3n) is 3.88. The maximum atomic E-state index is 12.2. The standard InChI is InChI=1S/C16H24N2O2/c1-12-4-5-15(10-13(12)2)11-17-14(3)16(19)18-6-8-20-9-7-18/h4-5,10,14,17H,6-9,11H2,1-3H3. The summed E-state index contributed by atoms with van der Waals surface area (Å²) in [6.45, 7) is 9.57. The Kier molecular flexibility index (Phi) is 5.15. The molecule has 4 nitrogen and oxygen atoms in total. The summed E-state index contributed by atoms with van der Waals surface area (Å²) in [6.07, 6.45) is 0. The van der Waals surface area contributed by atoms with Crippen molar-refractivity contribution in [3.05, 3.63) is 34.9 Å². The average Bonchev–Trinajstić information content (AvgIpc) is 2.48. The Labute approximate surface area is 121 Å². The van der Waals surface area contributed by atoms with Crippen molar-refractivity contribution in [2.75, 3.05) is 26.3 Å². The van der Waals surface area contributed by atoms with Crippen LogP contribution in [0.2, 0.25) is 0 Å². The van der Waals surface area contributed by atoms with E-state index >= 15 is 0 Å². The van der Waals surface area contributed by atoms with E-state index < -0.39 is 0 Å². The molecular formula is C16H24N2O2. The zero-order chi connectivity index (χ0) is 14.5. The first-order valence-corrected chi connectivity index (χ1v) is 7.24. The molecule has 0 radical (unpaired) electrons. The van der Waals surface area contributed by atoms with Gasteiger partial charge in [0.1, 0.15) is 0 Å². The summed E-state index contributed by atoms with van der Waals surface area (Å²) in [5, 5.41) is 3.31. The van der Waals surface area contributed by atoms with Crippen LogP contribution in [0.15, 0.2) is 18.2 Å². The Bertz CT molecular complexity index is 468. The third kappa shape index (κ3) is 3.81. The van der Waals surface area contributed by atoms with Crippen molar-refractivity contribution < 1.29 is 9.53 Å². The van der Waals surface area contributed by atoms with Crippen LogP contribution in [0.3, 0.4) is 0 Å². The molecule has 1 fully saturated rings. The van der Waals surface area contributed by atoms with Crippen LogP contribution in [0.1, 0.15) is 23.6 Å². The van der Waals surface area contributed by atoms with E-state index in [4.69, 9.17) is 4.74 Å². The molecule has 1 heterocycles. The van der Waals surface area contributed by atoms with E-state index in [0.717, 1.165) is 6.54 Å². The summed E-state index contributed by atoms with van der Waals surface area (Å²) in [6, 6.07) is 6.26. The number of carbonyl (C=O) groups excluding carboxylic acids is 1. The van der Waals surface area contributed by atoms with Crippen LogP contribution in [-0.4, -0.2) is 43.2 Å². The van der Waals surface area contributed by atoms with E-state index in [0.29, 0.717) is 26.3 Å². The van der Waals surface area contributed by atoms with Crippen LogP contribution in [0.5, 0.6) is 0 Å². The molecule has 0 spiro atoms. The molecular weight excluding hydrogens is 252 g/mol. The molecule has 1 aliphatic rings. The predicted octanol–water partition coefficient (Wildman–Crippen LogP) is 1.64. The lowest BCUT2D eigenvalue weighted by Gasteiger charge is -2.29. The molecule has 0 aromatic heterocycles. The molecule has 1 atom stereocenters. The molecule has 0 aliphatic carbocycles. The largest absolute Gasteiger partial charge is 0.378 e. The average molecular weight is 276 g/mol. The molecule has 1 aromatic rings. The second-order valence-electron chi connectivity index (χ2n) is 5.46. The fraction of sp³-hybridized carbons (Fsp3) is 0.562. The number of amides is 1. The number of nitrogens with zero attached hydrogens (tertiary/aromatic N) is 1. The number of hydrogen-bond acceptors (Lipinski definition) is 3. The van der Waals surface area contributed by atoms with Crippen molar-refractivity contribution in [2.45, 2.75) is 33.4 Å². The van der Waals surface area contributed by atoms with Gasteiger partial charge in [-0.3, -0.25) is 4.79 Å². The van der Waals surface area contributed by atoms with Gasteiger partial charge in [-0.05, 0) is 37.5 Å². The molecule has 0 saturated carbocycles. The van der Waals surface area contributed by atoms with Gasteiger partial charge in [0.15, 0.2) is 0 Å². The lowest BCUT2D eigenvalue weighted by atomic mass is 10.1. The van der Waals surface area contributed by atoms with Crippen LogP contribution in [0, 0.1) is 13.8 Å². The number of ether oxygens (including phenoxy) is 1. The molecule has 2 rings (SSSR count). The van der Waals surface area contributed by atoms with Crippen molar-refractivity contribution in [3.8, 4) is 0 Å². The molecule has 4 heteroatoms. The maximum absolute atomic E-state index is 12.2. The van der Waals surface area contributed by atoms with Gasteiger partial charge < -0.3 is 15.0 Å². The van der Waals surface area contributed by atoms with Gasteiger partial charge in [-0.2, -0.15) is 0 Å². The Morgan fingerprint density at radius 3 is 2.65 bits per heavy atom. The van der Waals surface area contributed by atoms with Gasteiger partial charge >= 0.3 is 0 Å². The zero-order valence-corrected chi connectivity index (χ0v) is 12.6. The molecule has 1 amide bonds. The van der Waals surface area contributed by atoms with Crippen LogP contribution < -0.4 is 5.32 Å². The van der Waals surface area contributed by atoms with E-state index in [1.165, 1.54) is 16.7 Å². The van der Waals surface area contributed by atoms with E-state index in [1.54, 1.807) is 0 Å². The van der Waals surface area contributed by atoms with Gasteiger partial charge in [-0.1, -0.05) is 18.2 Å². The normalized spacial score (nSPS) is 17.1. The molecule has 0 bridgehead atoms. The number of hydrogen-bond donors (Lipinski definition) is 1. The molecule has 1 N–H and O–H groups in total. The van der Waals surface area contributed by atoms with Crippen LogP contribution >= 0.6 is 0 Å². The van der Waals surface area contributed by atoms with Gasteiger partial charge in [-0.25, -0.2) is 0 Å². The quantitative estimate of drug-likeness (QED) is 0.909. The number of carbonyl (C=O) groups is 1. The number of morpholine rings is 1. The van der Waals surface area contributed by atoms with Gasteiger partial charge in [0.2, 0.25) is 5.91 Å². The van der Waals surface area contributed by atoms with Crippen molar-refractivity contribution in [1.82, 2.24) is 10.2 Å². The third-order valence-corrected chi connectivity index (χ3v) is 3.88. The number of benzene rings is 1. The minimum Gasteiger partial charge on any atom is -0.378 e. The maximum Gasteiger partial charge on any atom is 0.239 e. The Morgan fingerprint density at radius 1 is 1.30 bits per heavy atom. The SMILES string of the molecule is Cc1ccc(CNC(C)C(=O)N2CCOCC2)cc1C. The predicted molar refractivity (Wildman–Crippen MR) is 79.6 cm³/mol. The summed E-state index contributed by atoms with van der Waals surface area (Å²) in [4.78, 5) is 14.1. The van der Waals surface area contributed by atoms with Gasteiger partial charge in [0.25, 0.3) is 0 Å². The lowest BCUT2D eigenvalue weighted by Crippen LogP contribution is -2.49. The van der Waals surface area contributed by atoms with Gasteiger partial charge in [0.05, 0.1) is 19.3 Å². The molecule has 1 aliphatic heterocycles. The molecule has 110 valence electrons. The van der Waals surface area contributed by atoms with Crippen molar-refractivity contribution in [1.29, 1.82) is 0 Å². The minimum absolute atomic E-state index is 0.158. The summed E-state index contributed by atoms with van der Waals surface area (Å²) in [5.41, 5.74) is 3.80. The monoisotopic (exact) mass is 276 g/mol. The highest BCUT2D eigenvalue weighted by atomic mass is 16.5. The van der Waals surface area contributed by atoms with E-state index in [2.05, 4.69) is 37.4 Å². The topological polar surface area (TPSA) is 41.6 Å².